The van der Waals surface area contributed by atoms with Gasteiger partial charge >= 0.3 is 0 Å². The van der Waals surface area contributed by atoms with Crippen molar-refractivity contribution in [2.75, 3.05) is 7.11 Å². The van der Waals surface area contributed by atoms with E-state index in [0.29, 0.717) is 12.0 Å². The predicted octanol–water partition coefficient (Wildman–Crippen LogP) is 4.19. The van der Waals surface area contributed by atoms with E-state index in [1.54, 1.807) is 7.11 Å². The molecule has 1 fully saturated rings. The Bertz CT molecular complexity index is 431. The number of ether oxygens (including phenoxy) is 1. The number of halogens is 1. The van der Waals surface area contributed by atoms with Crippen LogP contribution in [0.3, 0.4) is 0 Å². The van der Waals surface area contributed by atoms with Crippen LogP contribution in [-0.4, -0.2) is 13.2 Å². The highest BCUT2D eigenvalue weighted by atomic mass is 79.9. The van der Waals surface area contributed by atoms with Crippen LogP contribution in [0.25, 0.3) is 0 Å². The first-order chi connectivity index (χ1) is 10.2. The highest BCUT2D eigenvalue weighted by Crippen LogP contribution is 2.29. The van der Waals surface area contributed by atoms with E-state index in [1.807, 2.05) is 6.07 Å². The summed E-state index contributed by atoms with van der Waals surface area (Å²) in [6.45, 7) is 0. The third-order valence-corrected chi connectivity index (χ3v) is 5.22. The average molecular weight is 355 g/mol. The molecule has 1 unspecified atom stereocenters. The molecule has 0 radical (unpaired) electrons. The Morgan fingerprint density at radius 1 is 1.24 bits per heavy atom. The molecule has 3 N–H and O–H groups in total. The van der Waals surface area contributed by atoms with E-state index in [1.165, 1.54) is 50.5 Å². The lowest BCUT2D eigenvalue weighted by molar-refractivity contribution is 0.285. The lowest BCUT2D eigenvalue weighted by Crippen LogP contribution is -2.42. The van der Waals surface area contributed by atoms with E-state index in [9.17, 15) is 0 Å². The summed E-state index contributed by atoms with van der Waals surface area (Å²) in [6.07, 6.45) is 10.4. The summed E-state index contributed by atoms with van der Waals surface area (Å²) in [4.78, 5) is 0. The zero-order valence-electron chi connectivity index (χ0n) is 12.9. The molecule has 0 amide bonds. The number of hydrogen-bond donors (Lipinski definition) is 2. The standard InChI is InChI=1S/C17H27BrN2O/c1-21-17-10-9-13(11-15(17)18)12-16(20-19)14-7-5-3-2-4-6-8-14/h9-11,14,16,20H,2-8,12,19H2,1H3. The molecule has 0 aliphatic heterocycles. The van der Waals surface area contributed by atoms with E-state index >= 15 is 0 Å². The molecule has 0 aromatic heterocycles. The SMILES string of the molecule is COc1ccc(CC(NN)C2CCCCCCC2)cc1Br. The van der Waals surface area contributed by atoms with Crippen molar-refractivity contribution < 1.29 is 4.74 Å². The number of nitrogens with two attached hydrogens (primary N) is 1. The Labute approximate surface area is 136 Å². The summed E-state index contributed by atoms with van der Waals surface area (Å²) in [5.41, 5.74) is 4.37. The first kappa shape index (κ1) is 16.8. The fourth-order valence-electron chi connectivity index (χ4n) is 3.34. The first-order valence-electron chi connectivity index (χ1n) is 8.03. The summed E-state index contributed by atoms with van der Waals surface area (Å²) in [6, 6.07) is 6.66. The predicted molar refractivity (Wildman–Crippen MR) is 91.3 cm³/mol. The minimum absolute atomic E-state index is 0.364. The van der Waals surface area contributed by atoms with Crippen LogP contribution < -0.4 is 16.0 Å². The Morgan fingerprint density at radius 3 is 2.48 bits per heavy atom. The van der Waals surface area contributed by atoms with Gasteiger partial charge in [-0.05, 0) is 58.8 Å². The minimum Gasteiger partial charge on any atom is -0.496 e. The molecule has 2 rings (SSSR count). The molecule has 4 heteroatoms. The highest BCUT2D eigenvalue weighted by molar-refractivity contribution is 9.10. The normalized spacial score (nSPS) is 18.8. The maximum absolute atomic E-state index is 5.85. The molecule has 1 aliphatic rings. The van der Waals surface area contributed by atoms with Gasteiger partial charge < -0.3 is 4.74 Å². The highest BCUT2D eigenvalue weighted by Gasteiger charge is 2.21. The number of hydrazine groups is 1. The van der Waals surface area contributed by atoms with E-state index in [-0.39, 0.29) is 0 Å². The van der Waals surface area contributed by atoms with Crippen molar-refractivity contribution in [3.05, 3.63) is 28.2 Å². The van der Waals surface area contributed by atoms with Crippen molar-refractivity contribution >= 4 is 15.9 Å². The van der Waals surface area contributed by atoms with Gasteiger partial charge in [-0.15, -0.1) is 0 Å². The van der Waals surface area contributed by atoms with E-state index in [4.69, 9.17) is 10.6 Å². The second-order valence-electron chi connectivity index (χ2n) is 6.05. The van der Waals surface area contributed by atoms with Gasteiger partial charge in [0.25, 0.3) is 0 Å². The fraction of sp³-hybridized carbons (Fsp3) is 0.647. The summed E-state index contributed by atoms with van der Waals surface area (Å²) >= 11 is 3.56. The largest absolute Gasteiger partial charge is 0.496 e. The van der Waals surface area contributed by atoms with Crippen molar-refractivity contribution in [3.63, 3.8) is 0 Å². The molecule has 1 aromatic carbocycles. The smallest absolute Gasteiger partial charge is 0.133 e. The van der Waals surface area contributed by atoms with Gasteiger partial charge in [0.15, 0.2) is 0 Å². The third-order valence-electron chi connectivity index (χ3n) is 4.60. The van der Waals surface area contributed by atoms with Crippen LogP contribution in [0.4, 0.5) is 0 Å². The average Bonchev–Trinajstić information content (AvgIpc) is 2.45. The minimum atomic E-state index is 0.364. The van der Waals surface area contributed by atoms with Crippen molar-refractivity contribution in [2.24, 2.45) is 11.8 Å². The lowest BCUT2D eigenvalue weighted by Gasteiger charge is -2.28. The molecular formula is C17H27BrN2O. The van der Waals surface area contributed by atoms with Crippen molar-refractivity contribution in [3.8, 4) is 5.75 Å². The Hall–Kier alpha value is -0.580. The van der Waals surface area contributed by atoms with Gasteiger partial charge in [0.2, 0.25) is 0 Å². The van der Waals surface area contributed by atoms with Crippen molar-refractivity contribution in [1.82, 2.24) is 5.43 Å². The molecule has 1 atom stereocenters. The monoisotopic (exact) mass is 354 g/mol. The number of nitrogens with one attached hydrogen (secondary N) is 1. The fourth-order valence-corrected chi connectivity index (χ4v) is 3.93. The Kier molecular flexibility index (Phi) is 7.00. The van der Waals surface area contributed by atoms with Gasteiger partial charge in [-0.25, -0.2) is 0 Å². The second-order valence-corrected chi connectivity index (χ2v) is 6.91. The third kappa shape index (κ3) is 4.97. The molecule has 0 spiro atoms. The van der Waals surface area contributed by atoms with E-state index in [0.717, 1.165) is 16.6 Å². The molecule has 0 saturated heterocycles. The molecule has 1 aliphatic carbocycles. The van der Waals surface area contributed by atoms with Crippen molar-refractivity contribution in [2.45, 2.75) is 57.4 Å². The molecular weight excluding hydrogens is 328 g/mol. The number of hydrogen-bond acceptors (Lipinski definition) is 3. The van der Waals surface area contributed by atoms with Crippen molar-refractivity contribution in [1.29, 1.82) is 0 Å². The summed E-state index contributed by atoms with van der Waals surface area (Å²) in [7, 11) is 1.69. The molecule has 3 nitrogen and oxygen atoms in total. The van der Waals surface area contributed by atoms with Crippen LogP contribution in [0.15, 0.2) is 22.7 Å². The Balaban J connectivity index is 2.01. The van der Waals surface area contributed by atoms with Crippen LogP contribution in [-0.2, 0) is 6.42 Å². The molecule has 1 aromatic rings. The number of benzene rings is 1. The van der Waals surface area contributed by atoms with Crippen LogP contribution in [0.2, 0.25) is 0 Å². The van der Waals surface area contributed by atoms with E-state index < -0.39 is 0 Å². The molecule has 118 valence electrons. The molecule has 0 bridgehead atoms. The maximum Gasteiger partial charge on any atom is 0.133 e. The zero-order chi connectivity index (χ0) is 15.1. The number of methoxy groups -OCH3 is 1. The Morgan fingerprint density at radius 2 is 1.90 bits per heavy atom. The summed E-state index contributed by atoms with van der Waals surface area (Å²) in [5.74, 6) is 7.42. The topological polar surface area (TPSA) is 47.3 Å². The second kappa shape index (κ2) is 8.76. The van der Waals surface area contributed by atoms with Gasteiger partial charge in [-0.3, -0.25) is 11.3 Å². The summed E-state index contributed by atoms with van der Waals surface area (Å²) < 4.78 is 6.30. The van der Waals surface area contributed by atoms with Crippen LogP contribution in [0.1, 0.15) is 50.5 Å². The molecule has 21 heavy (non-hydrogen) atoms. The quantitative estimate of drug-likeness (QED) is 0.615. The van der Waals surface area contributed by atoms with Crippen LogP contribution >= 0.6 is 15.9 Å². The van der Waals surface area contributed by atoms with Gasteiger partial charge in [0.05, 0.1) is 11.6 Å². The maximum atomic E-state index is 5.85. The first-order valence-corrected chi connectivity index (χ1v) is 8.82. The van der Waals surface area contributed by atoms with E-state index in [2.05, 4.69) is 33.5 Å². The zero-order valence-corrected chi connectivity index (χ0v) is 14.5. The van der Waals surface area contributed by atoms with Gasteiger partial charge in [-0.2, -0.15) is 0 Å². The van der Waals surface area contributed by atoms with Gasteiger partial charge in [-0.1, -0.05) is 38.2 Å². The van der Waals surface area contributed by atoms with Crippen LogP contribution in [0.5, 0.6) is 5.75 Å². The molecule has 0 heterocycles. The summed E-state index contributed by atoms with van der Waals surface area (Å²) in [5, 5.41) is 0. The number of rotatable bonds is 5. The van der Waals surface area contributed by atoms with Gasteiger partial charge in [0.1, 0.15) is 5.75 Å². The van der Waals surface area contributed by atoms with Gasteiger partial charge in [0, 0.05) is 6.04 Å². The lowest BCUT2D eigenvalue weighted by atomic mass is 9.83. The molecule has 1 saturated carbocycles. The van der Waals surface area contributed by atoms with Crippen LogP contribution in [0, 0.1) is 5.92 Å².